The fraction of sp³-hybridized carbons (Fsp3) is 0.533. The minimum atomic E-state index is -0.245. The van der Waals surface area contributed by atoms with Crippen molar-refractivity contribution >= 4 is 17.6 Å². The van der Waals surface area contributed by atoms with E-state index in [9.17, 15) is 9.59 Å². The first-order chi connectivity index (χ1) is 9.74. The molecule has 3 rings (SSSR count). The van der Waals surface area contributed by atoms with E-state index < -0.39 is 0 Å². The number of pyridine rings is 1. The van der Waals surface area contributed by atoms with Gasteiger partial charge in [0.1, 0.15) is 5.82 Å². The number of carbonyl (C=O) groups excluding carboxylic acids is 2. The SMILES string of the molecule is O=C(Nc1ccccn1)C1CC(=O)N(C2CCCC2)C1. The number of nitrogens with zero attached hydrogens (tertiary/aromatic N) is 2. The molecule has 0 spiro atoms. The van der Waals surface area contributed by atoms with Gasteiger partial charge >= 0.3 is 0 Å². The van der Waals surface area contributed by atoms with E-state index in [1.165, 1.54) is 12.8 Å². The zero-order valence-electron chi connectivity index (χ0n) is 11.4. The van der Waals surface area contributed by atoms with Gasteiger partial charge in [-0.05, 0) is 25.0 Å². The number of hydrogen-bond acceptors (Lipinski definition) is 3. The van der Waals surface area contributed by atoms with Crippen LogP contribution in [0.1, 0.15) is 32.1 Å². The van der Waals surface area contributed by atoms with Crippen LogP contribution in [0.4, 0.5) is 5.82 Å². The molecule has 1 aromatic heterocycles. The Balaban J connectivity index is 1.61. The highest BCUT2D eigenvalue weighted by Crippen LogP contribution is 2.29. The van der Waals surface area contributed by atoms with Gasteiger partial charge in [-0.3, -0.25) is 9.59 Å². The highest BCUT2D eigenvalue weighted by molar-refractivity contribution is 5.96. The van der Waals surface area contributed by atoms with Gasteiger partial charge in [-0.15, -0.1) is 0 Å². The summed E-state index contributed by atoms with van der Waals surface area (Å²) < 4.78 is 0. The molecule has 0 bridgehead atoms. The number of amides is 2. The number of rotatable bonds is 3. The van der Waals surface area contributed by atoms with Crippen molar-refractivity contribution in [3.63, 3.8) is 0 Å². The molecule has 1 saturated carbocycles. The fourth-order valence-electron chi connectivity index (χ4n) is 3.14. The molecule has 1 aliphatic heterocycles. The first-order valence-corrected chi connectivity index (χ1v) is 7.25. The van der Waals surface area contributed by atoms with Crippen LogP contribution < -0.4 is 5.32 Å². The Morgan fingerprint density at radius 2 is 2.10 bits per heavy atom. The molecule has 106 valence electrons. The number of hydrogen-bond donors (Lipinski definition) is 1. The maximum atomic E-state index is 12.2. The van der Waals surface area contributed by atoms with Gasteiger partial charge in [0.25, 0.3) is 0 Å². The van der Waals surface area contributed by atoms with Crippen LogP contribution in [0, 0.1) is 5.92 Å². The molecule has 5 nitrogen and oxygen atoms in total. The van der Waals surface area contributed by atoms with Crippen molar-refractivity contribution in [1.29, 1.82) is 0 Å². The Bertz CT molecular complexity index is 497. The maximum Gasteiger partial charge on any atom is 0.230 e. The Morgan fingerprint density at radius 3 is 2.80 bits per heavy atom. The molecule has 1 atom stereocenters. The summed E-state index contributed by atoms with van der Waals surface area (Å²) in [7, 11) is 0. The van der Waals surface area contributed by atoms with Crippen molar-refractivity contribution in [1.82, 2.24) is 9.88 Å². The van der Waals surface area contributed by atoms with E-state index >= 15 is 0 Å². The Morgan fingerprint density at radius 1 is 1.30 bits per heavy atom. The molecule has 20 heavy (non-hydrogen) atoms. The first-order valence-electron chi connectivity index (χ1n) is 7.25. The van der Waals surface area contributed by atoms with Gasteiger partial charge in [-0.25, -0.2) is 4.98 Å². The second-order valence-electron chi connectivity index (χ2n) is 5.59. The van der Waals surface area contributed by atoms with Crippen LogP contribution in [-0.2, 0) is 9.59 Å². The van der Waals surface area contributed by atoms with Crippen molar-refractivity contribution in [3.05, 3.63) is 24.4 Å². The van der Waals surface area contributed by atoms with Gasteiger partial charge in [-0.2, -0.15) is 0 Å². The van der Waals surface area contributed by atoms with Gasteiger partial charge in [0.2, 0.25) is 11.8 Å². The Labute approximate surface area is 118 Å². The molecule has 2 aliphatic rings. The molecule has 2 heterocycles. The quantitative estimate of drug-likeness (QED) is 0.913. The minimum Gasteiger partial charge on any atom is -0.339 e. The molecular weight excluding hydrogens is 254 g/mol. The van der Waals surface area contributed by atoms with Crippen LogP contribution >= 0.6 is 0 Å². The lowest BCUT2D eigenvalue weighted by atomic mass is 10.1. The van der Waals surface area contributed by atoms with E-state index in [2.05, 4.69) is 10.3 Å². The second kappa shape index (κ2) is 5.61. The zero-order chi connectivity index (χ0) is 13.9. The molecule has 1 aliphatic carbocycles. The van der Waals surface area contributed by atoms with E-state index in [0.29, 0.717) is 24.8 Å². The summed E-state index contributed by atoms with van der Waals surface area (Å²) in [6.45, 7) is 0.558. The van der Waals surface area contributed by atoms with Gasteiger partial charge in [0.15, 0.2) is 0 Å². The van der Waals surface area contributed by atoms with Gasteiger partial charge in [0, 0.05) is 25.2 Å². The molecule has 1 unspecified atom stereocenters. The topological polar surface area (TPSA) is 62.3 Å². The highest BCUT2D eigenvalue weighted by Gasteiger charge is 2.38. The van der Waals surface area contributed by atoms with Crippen molar-refractivity contribution in [2.45, 2.75) is 38.1 Å². The van der Waals surface area contributed by atoms with Crippen LogP contribution in [0.5, 0.6) is 0 Å². The predicted octanol–water partition coefficient (Wildman–Crippen LogP) is 1.81. The summed E-state index contributed by atoms with van der Waals surface area (Å²) in [6.07, 6.45) is 6.52. The molecule has 1 saturated heterocycles. The Kier molecular flexibility index (Phi) is 3.67. The highest BCUT2D eigenvalue weighted by atomic mass is 16.2. The number of aromatic nitrogens is 1. The molecule has 0 aromatic carbocycles. The minimum absolute atomic E-state index is 0.0995. The number of nitrogens with one attached hydrogen (secondary N) is 1. The van der Waals surface area contributed by atoms with Crippen LogP contribution in [0.15, 0.2) is 24.4 Å². The van der Waals surface area contributed by atoms with Crippen LogP contribution in [0.3, 0.4) is 0 Å². The summed E-state index contributed by atoms with van der Waals surface area (Å²) >= 11 is 0. The fourth-order valence-corrected chi connectivity index (χ4v) is 3.14. The molecule has 2 amide bonds. The smallest absolute Gasteiger partial charge is 0.230 e. The van der Waals surface area contributed by atoms with Crippen LogP contribution in [0.25, 0.3) is 0 Å². The average molecular weight is 273 g/mol. The third-order valence-electron chi connectivity index (χ3n) is 4.21. The predicted molar refractivity (Wildman–Crippen MR) is 74.9 cm³/mol. The second-order valence-corrected chi connectivity index (χ2v) is 5.59. The van der Waals surface area contributed by atoms with Gasteiger partial charge < -0.3 is 10.2 Å². The molecule has 5 heteroatoms. The summed E-state index contributed by atoms with van der Waals surface area (Å²) in [5.41, 5.74) is 0. The van der Waals surface area contributed by atoms with Crippen LogP contribution in [0.2, 0.25) is 0 Å². The number of anilines is 1. The zero-order valence-corrected chi connectivity index (χ0v) is 11.4. The molecular formula is C15H19N3O2. The van der Waals surface area contributed by atoms with Gasteiger partial charge in [-0.1, -0.05) is 18.9 Å². The van der Waals surface area contributed by atoms with E-state index in [1.807, 2.05) is 11.0 Å². The van der Waals surface area contributed by atoms with Gasteiger partial charge in [0.05, 0.1) is 5.92 Å². The lowest BCUT2D eigenvalue weighted by molar-refractivity contribution is -0.129. The lowest BCUT2D eigenvalue weighted by Crippen LogP contribution is -2.35. The largest absolute Gasteiger partial charge is 0.339 e. The summed E-state index contributed by atoms with van der Waals surface area (Å²) in [4.78, 5) is 30.2. The normalized spacial score (nSPS) is 23.3. The summed E-state index contributed by atoms with van der Waals surface area (Å²) in [6, 6.07) is 5.74. The van der Waals surface area contributed by atoms with Crippen molar-refractivity contribution in [2.24, 2.45) is 5.92 Å². The number of likely N-dealkylation sites (tertiary alicyclic amines) is 1. The van der Waals surface area contributed by atoms with E-state index in [0.717, 1.165) is 12.8 Å². The molecule has 1 N–H and O–H groups in total. The van der Waals surface area contributed by atoms with E-state index in [-0.39, 0.29) is 17.7 Å². The van der Waals surface area contributed by atoms with E-state index in [4.69, 9.17) is 0 Å². The molecule has 2 fully saturated rings. The number of carbonyl (C=O) groups is 2. The lowest BCUT2D eigenvalue weighted by Gasteiger charge is -2.23. The van der Waals surface area contributed by atoms with Crippen LogP contribution in [-0.4, -0.2) is 34.3 Å². The van der Waals surface area contributed by atoms with E-state index in [1.54, 1.807) is 18.3 Å². The average Bonchev–Trinajstić information content (AvgIpc) is 3.08. The third kappa shape index (κ3) is 2.66. The molecule has 0 radical (unpaired) electrons. The summed E-state index contributed by atoms with van der Waals surface area (Å²) in [5, 5.41) is 2.79. The van der Waals surface area contributed by atoms with Crippen molar-refractivity contribution in [3.8, 4) is 0 Å². The maximum absolute atomic E-state index is 12.2. The Hall–Kier alpha value is -1.91. The monoisotopic (exact) mass is 273 g/mol. The van der Waals surface area contributed by atoms with Crippen molar-refractivity contribution in [2.75, 3.05) is 11.9 Å². The summed E-state index contributed by atoms with van der Waals surface area (Å²) in [5.74, 6) is 0.324. The third-order valence-corrected chi connectivity index (χ3v) is 4.21. The molecule has 1 aromatic rings. The first kappa shape index (κ1) is 13.1. The standard InChI is InChI=1S/C15H19N3O2/c19-14-9-11(10-18(14)12-5-1-2-6-12)15(20)17-13-7-3-4-8-16-13/h3-4,7-8,11-12H,1-2,5-6,9-10H2,(H,16,17,20). The van der Waals surface area contributed by atoms with Crippen molar-refractivity contribution < 1.29 is 9.59 Å².